The van der Waals surface area contributed by atoms with Crippen LogP contribution in [-0.2, 0) is 28.9 Å². The van der Waals surface area contributed by atoms with Crippen molar-refractivity contribution in [1.82, 2.24) is 5.32 Å². The first-order valence-electron chi connectivity index (χ1n) is 9.11. The topological polar surface area (TPSA) is 67.4 Å². The number of fused-ring (bicyclic) bond motifs is 1. The van der Waals surface area contributed by atoms with Crippen molar-refractivity contribution in [3.63, 3.8) is 0 Å². The molecular formula is C22H24N2O3. The third-order valence-corrected chi connectivity index (χ3v) is 4.44. The first kappa shape index (κ1) is 18.7. The van der Waals surface area contributed by atoms with Crippen LogP contribution in [0.2, 0.25) is 0 Å². The molecule has 0 aromatic heterocycles. The highest BCUT2D eigenvalue weighted by atomic mass is 16.5. The predicted octanol–water partition coefficient (Wildman–Crippen LogP) is 3.04. The lowest BCUT2D eigenvalue weighted by molar-refractivity contribution is -0.120. The first-order chi connectivity index (χ1) is 13.0. The van der Waals surface area contributed by atoms with Crippen LogP contribution in [0.15, 0.2) is 55.1 Å². The second kappa shape index (κ2) is 8.54. The van der Waals surface area contributed by atoms with E-state index in [1.807, 2.05) is 18.2 Å². The van der Waals surface area contributed by atoms with Crippen molar-refractivity contribution < 1.29 is 14.3 Å². The van der Waals surface area contributed by atoms with E-state index in [1.165, 1.54) is 17.2 Å². The summed E-state index contributed by atoms with van der Waals surface area (Å²) >= 11 is 0. The van der Waals surface area contributed by atoms with Crippen molar-refractivity contribution in [3.05, 3.63) is 71.8 Å². The summed E-state index contributed by atoms with van der Waals surface area (Å²) in [6.45, 7) is 6.08. The van der Waals surface area contributed by atoms with Crippen molar-refractivity contribution in [1.29, 1.82) is 0 Å². The molecule has 1 aliphatic rings. The van der Waals surface area contributed by atoms with Crippen molar-refractivity contribution >= 4 is 17.5 Å². The number of anilines is 1. The summed E-state index contributed by atoms with van der Waals surface area (Å²) < 4.78 is 5.71. The fourth-order valence-electron chi connectivity index (χ4n) is 3.18. The molecule has 0 spiro atoms. The van der Waals surface area contributed by atoms with E-state index in [9.17, 15) is 9.59 Å². The molecule has 5 nitrogen and oxygen atoms in total. The van der Waals surface area contributed by atoms with E-state index in [1.54, 1.807) is 12.1 Å². The first-order valence-corrected chi connectivity index (χ1v) is 9.11. The maximum absolute atomic E-state index is 12.2. The van der Waals surface area contributed by atoms with Gasteiger partial charge in [0.1, 0.15) is 11.9 Å². The van der Waals surface area contributed by atoms with Gasteiger partial charge in [-0.15, -0.1) is 0 Å². The molecule has 2 aromatic carbocycles. The number of carbonyl (C=O) groups is 2. The predicted molar refractivity (Wildman–Crippen MR) is 106 cm³/mol. The van der Waals surface area contributed by atoms with Gasteiger partial charge in [-0.3, -0.25) is 9.59 Å². The Morgan fingerprint density at radius 1 is 1.22 bits per heavy atom. The van der Waals surface area contributed by atoms with Crippen LogP contribution in [0.1, 0.15) is 23.6 Å². The normalized spacial score (nSPS) is 14.8. The maximum atomic E-state index is 12.2. The summed E-state index contributed by atoms with van der Waals surface area (Å²) in [6, 6.07) is 13.5. The summed E-state index contributed by atoms with van der Waals surface area (Å²) in [6.07, 6.45) is 3.44. The molecule has 140 valence electrons. The van der Waals surface area contributed by atoms with Crippen LogP contribution in [0.4, 0.5) is 5.69 Å². The van der Waals surface area contributed by atoms with Gasteiger partial charge in [0.25, 0.3) is 0 Å². The van der Waals surface area contributed by atoms with E-state index in [0.29, 0.717) is 12.2 Å². The number of ether oxygens (including phenoxy) is 1. The number of nitrogens with one attached hydrogen (secondary N) is 2. The Labute approximate surface area is 159 Å². The Kier molecular flexibility index (Phi) is 5.91. The van der Waals surface area contributed by atoms with Crippen LogP contribution in [-0.4, -0.2) is 24.5 Å². The molecule has 0 aliphatic carbocycles. The van der Waals surface area contributed by atoms with Crippen molar-refractivity contribution in [2.75, 3.05) is 11.9 Å². The Morgan fingerprint density at radius 2 is 2.07 bits per heavy atom. The highest BCUT2D eigenvalue weighted by Crippen LogP contribution is 2.29. The molecule has 1 aliphatic heterocycles. The highest BCUT2D eigenvalue weighted by Gasteiger charge is 2.18. The van der Waals surface area contributed by atoms with Gasteiger partial charge in [-0.1, -0.05) is 30.8 Å². The number of carbonyl (C=O) groups excluding carboxylic acids is 2. The molecule has 1 unspecified atom stereocenters. The Balaban J connectivity index is 1.48. The summed E-state index contributed by atoms with van der Waals surface area (Å²) in [5.74, 6) is 0.657. The molecular weight excluding hydrogens is 340 g/mol. The quantitative estimate of drug-likeness (QED) is 0.742. The highest BCUT2D eigenvalue weighted by molar-refractivity contribution is 5.98. The molecule has 0 saturated carbocycles. The lowest BCUT2D eigenvalue weighted by atomic mass is 10.0. The van der Waals surface area contributed by atoms with Gasteiger partial charge in [0, 0.05) is 18.7 Å². The molecule has 0 bridgehead atoms. The van der Waals surface area contributed by atoms with E-state index < -0.39 is 0 Å². The molecule has 1 heterocycles. The summed E-state index contributed by atoms with van der Waals surface area (Å²) in [5.41, 5.74) is 3.93. The second-order valence-corrected chi connectivity index (χ2v) is 6.75. The Bertz CT molecular complexity index is 860. The number of rotatable bonds is 7. The van der Waals surface area contributed by atoms with E-state index in [-0.39, 0.29) is 24.3 Å². The number of hydrogen-bond acceptors (Lipinski definition) is 3. The van der Waals surface area contributed by atoms with Gasteiger partial charge in [0.2, 0.25) is 11.8 Å². The van der Waals surface area contributed by atoms with Crippen molar-refractivity contribution in [2.24, 2.45) is 0 Å². The van der Waals surface area contributed by atoms with Gasteiger partial charge in [-0.2, -0.15) is 0 Å². The van der Waals surface area contributed by atoms with E-state index >= 15 is 0 Å². The number of benzene rings is 2. The minimum absolute atomic E-state index is 0.0414. The lowest BCUT2D eigenvalue weighted by Crippen LogP contribution is -2.27. The lowest BCUT2D eigenvalue weighted by Gasteiger charge is -2.08. The Morgan fingerprint density at radius 3 is 2.89 bits per heavy atom. The molecule has 27 heavy (non-hydrogen) atoms. The molecule has 2 amide bonds. The fourth-order valence-corrected chi connectivity index (χ4v) is 3.18. The van der Waals surface area contributed by atoms with Crippen LogP contribution >= 0.6 is 0 Å². The molecule has 0 saturated heterocycles. The fraction of sp³-hybridized carbons (Fsp3) is 0.273. The van der Waals surface area contributed by atoms with Crippen LogP contribution in [0.5, 0.6) is 5.75 Å². The molecule has 0 fully saturated rings. The molecule has 0 radical (unpaired) electrons. The standard InChI is InChI=1S/C22H24N2O3/c1-3-21(25)24-19-6-4-5-17(13-19)14-22(26)23-10-9-16-7-8-20-18(12-16)11-15(2)27-20/h3-8,12-13,15H,1,9-11,14H2,2H3,(H,23,26)(H,24,25). The van der Waals surface area contributed by atoms with Crippen molar-refractivity contribution in [2.45, 2.75) is 32.3 Å². The molecule has 5 heteroatoms. The van der Waals surface area contributed by atoms with E-state index in [2.05, 4.69) is 36.3 Å². The van der Waals surface area contributed by atoms with Gasteiger partial charge in [0.05, 0.1) is 6.42 Å². The summed E-state index contributed by atoms with van der Waals surface area (Å²) in [5, 5.41) is 5.65. The molecule has 1 atom stereocenters. The SMILES string of the molecule is C=CC(=O)Nc1cccc(CC(=O)NCCc2ccc3c(c2)CC(C)O3)c1. The minimum atomic E-state index is -0.272. The van der Waals surface area contributed by atoms with Gasteiger partial charge in [-0.05, 0) is 54.3 Å². The Hall–Kier alpha value is -3.08. The van der Waals surface area contributed by atoms with Gasteiger partial charge in [-0.25, -0.2) is 0 Å². The maximum Gasteiger partial charge on any atom is 0.247 e. The van der Waals surface area contributed by atoms with E-state index in [0.717, 1.165) is 24.2 Å². The molecule has 2 N–H and O–H groups in total. The van der Waals surface area contributed by atoms with Gasteiger partial charge in [0.15, 0.2) is 0 Å². The third kappa shape index (κ3) is 5.20. The minimum Gasteiger partial charge on any atom is -0.490 e. The average molecular weight is 364 g/mol. The number of amides is 2. The zero-order chi connectivity index (χ0) is 19.2. The summed E-state index contributed by atoms with van der Waals surface area (Å²) in [4.78, 5) is 23.6. The van der Waals surface area contributed by atoms with Gasteiger partial charge >= 0.3 is 0 Å². The monoisotopic (exact) mass is 364 g/mol. The van der Waals surface area contributed by atoms with Crippen LogP contribution in [0.25, 0.3) is 0 Å². The third-order valence-electron chi connectivity index (χ3n) is 4.44. The molecule has 3 rings (SSSR count). The number of hydrogen-bond donors (Lipinski definition) is 2. The zero-order valence-corrected chi connectivity index (χ0v) is 15.5. The van der Waals surface area contributed by atoms with E-state index in [4.69, 9.17) is 4.74 Å². The summed E-state index contributed by atoms with van der Waals surface area (Å²) in [7, 11) is 0. The second-order valence-electron chi connectivity index (χ2n) is 6.75. The van der Waals surface area contributed by atoms with Crippen LogP contribution < -0.4 is 15.4 Å². The van der Waals surface area contributed by atoms with Crippen LogP contribution in [0, 0.1) is 0 Å². The average Bonchev–Trinajstić information content (AvgIpc) is 3.01. The zero-order valence-electron chi connectivity index (χ0n) is 15.5. The van der Waals surface area contributed by atoms with Gasteiger partial charge < -0.3 is 15.4 Å². The smallest absolute Gasteiger partial charge is 0.247 e. The van der Waals surface area contributed by atoms with Crippen LogP contribution in [0.3, 0.4) is 0 Å². The van der Waals surface area contributed by atoms with Crippen molar-refractivity contribution in [3.8, 4) is 5.75 Å². The molecule has 2 aromatic rings. The largest absolute Gasteiger partial charge is 0.490 e.